The van der Waals surface area contributed by atoms with E-state index < -0.39 is 19.9 Å². The summed E-state index contributed by atoms with van der Waals surface area (Å²) in [6.07, 6.45) is 2.61. The summed E-state index contributed by atoms with van der Waals surface area (Å²) < 4.78 is 47.6. The first-order chi connectivity index (χ1) is 8.21. The molecular weight excluding hydrogens is 300 g/mol. The lowest BCUT2D eigenvalue weighted by atomic mass is 10.5. The van der Waals surface area contributed by atoms with E-state index in [0.717, 1.165) is 6.26 Å². The van der Waals surface area contributed by atoms with Gasteiger partial charge in [-0.15, -0.1) is 0 Å². The van der Waals surface area contributed by atoms with Gasteiger partial charge in [-0.05, 0) is 18.6 Å². The Balaban J connectivity index is 2.61. The van der Waals surface area contributed by atoms with Gasteiger partial charge in [-0.2, -0.15) is 0 Å². The molecule has 0 unspecified atom stereocenters. The second kappa shape index (κ2) is 5.96. The van der Waals surface area contributed by atoms with Gasteiger partial charge in [0.2, 0.25) is 10.0 Å². The number of pyridine rings is 1. The van der Waals surface area contributed by atoms with E-state index in [-0.39, 0.29) is 28.8 Å². The van der Waals surface area contributed by atoms with Gasteiger partial charge >= 0.3 is 0 Å². The van der Waals surface area contributed by atoms with Crippen molar-refractivity contribution < 1.29 is 16.8 Å². The van der Waals surface area contributed by atoms with Gasteiger partial charge in [0.15, 0.2) is 0 Å². The molecule has 0 atom stereocenters. The second-order valence-electron chi connectivity index (χ2n) is 3.70. The maximum atomic E-state index is 11.8. The molecule has 0 aliphatic rings. The summed E-state index contributed by atoms with van der Waals surface area (Å²) in [7, 11) is -6.75. The number of nitrogens with zero attached hydrogens (tertiary/aromatic N) is 1. The van der Waals surface area contributed by atoms with Gasteiger partial charge in [-0.1, -0.05) is 11.6 Å². The second-order valence-corrected chi connectivity index (χ2v) is 8.11. The molecule has 0 fully saturated rings. The van der Waals surface area contributed by atoms with Crippen molar-refractivity contribution in [2.75, 3.05) is 18.6 Å². The Morgan fingerprint density at radius 1 is 1.33 bits per heavy atom. The Morgan fingerprint density at radius 2 is 2.00 bits per heavy atom. The number of nitrogens with one attached hydrogen (secondary N) is 1. The summed E-state index contributed by atoms with van der Waals surface area (Å²) in [5, 5.41) is 0.0778. The van der Waals surface area contributed by atoms with Gasteiger partial charge in [0.25, 0.3) is 0 Å². The molecule has 0 radical (unpaired) electrons. The van der Waals surface area contributed by atoms with Crippen LogP contribution in [0.4, 0.5) is 0 Å². The molecule has 0 aliphatic carbocycles. The number of aromatic nitrogens is 1. The maximum absolute atomic E-state index is 11.8. The predicted molar refractivity (Wildman–Crippen MR) is 68.8 cm³/mol. The van der Waals surface area contributed by atoms with Crippen LogP contribution >= 0.6 is 11.6 Å². The highest BCUT2D eigenvalue weighted by Crippen LogP contribution is 2.12. The third kappa shape index (κ3) is 5.30. The molecule has 6 nitrogen and oxygen atoms in total. The molecule has 102 valence electrons. The predicted octanol–water partition coefficient (Wildman–Crippen LogP) is 0.448. The lowest BCUT2D eigenvalue weighted by Gasteiger charge is -2.06. The van der Waals surface area contributed by atoms with Gasteiger partial charge in [-0.25, -0.2) is 26.5 Å². The quantitative estimate of drug-likeness (QED) is 0.608. The van der Waals surface area contributed by atoms with Crippen molar-refractivity contribution in [3.63, 3.8) is 0 Å². The number of sulfone groups is 1. The maximum Gasteiger partial charge on any atom is 0.240 e. The fourth-order valence-corrected chi connectivity index (χ4v) is 3.17. The highest BCUT2D eigenvalue weighted by molar-refractivity contribution is 7.90. The summed E-state index contributed by atoms with van der Waals surface area (Å²) in [5.41, 5.74) is 0. The van der Waals surface area contributed by atoms with Crippen LogP contribution in [0.5, 0.6) is 0 Å². The van der Waals surface area contributed by atoms with Crippen molar-refractivity contribution >= 4 is 31.5 Å². The molecule has 0 amide bonds. The zero-order valence-electron chi connectivity index (χ0n) is 9.63. The highest BCUT2D eigenvalue weighted by Gasteiger charge is 2.14. The molecule has 1 rings (SSSR count). The van der Waals surface area contributed by atoms with Crippen molar-refractivity contribution in [3.05, 3.63) is 23.5 Å². The van der Waals surface area contributed by atoms with Crippen molar-refractivity contribution in [1.29, 1.82) is 0 Å². The standard InChI is InChI=1S/C9H13ClN2O4S2/c1-17(13,14)6-2-4-12-18(15,16)8-3-5-11-9(10)7-8/h3,5,7,12H,2,4,6H2,1H3. The lowest BCUT2D eigenvalue weighted by Crippen LogP contribution is -2.26. The third-order valence-corrected chi connectivity index (χ3v) is 4.69. The van der Waals surface area contributed by atoms with Gasteiger partial charge in [0.05, 0.1) is 10.6 Å². The monoisotopic (exact) mass is 312 g/mol. The fourth-order valence-electron chi connectivity index (χ4n) is 1.18. The van der Waals surface area contributed by atoms with Gasteiger partial charge < -0.3 is 0 Å². The minimum atomic E-state index is -3.67. The van der Waals surface area contributed by atoms with Crippen molar-refractivity contribution in [3.8, 4) is 0 Å². The average molecular weight is 313 g/mol. The molecular formula is C9H13ClN2O4S2. The van der Waals surface area contributed by atoms with E-state index in [1.807, 2.05) is 0 Å². The summed E-state index contributed by atoms with van der Waals surface area (Å²) in [4.78, 5) is 3.68. The van der Waals surface area contributed by atoms with Gasteiger partial charge in [-0.3, -0.25) is 0 Å². The van der Waals surface area contributed by atoms with E-state index in [1.54, 1.807) is 0 Å². The number of sulfonamides is 1. The normalized spacial score (nSPS) is 12.6. The fraction of sp³-hybridized carbons (Fsp3) is 0.444. The SMILES string of the molecule is CS(=O)(=O)CCCNS(=O)(=O)c1ccnc(Cl)c1. The molecule has 0 aliphatic heterocycles. The highest BCUT2D eigenvalue weighted by atomic mass is 35.5. The van der Waals surface area contributed by atoms with E-state index in [1.165, 1.54) is 18.3 Å². The van der Waals surface area contributed by atoms with Crippen LogP contribution in [-0.2, 0) is 19.9 Å². The topological polar surface area (TPSA) is 93.2 Å². The molecule has 1 N–H and O–H groups in total. The van der Waals surface area contributed by atoms with Crippen LogP contribution in [0.1, 0.15) is 6.42 Å². The van der Waals surface area contributed by atoms with Crippen LogP contribution < -0.4 is 4.72 Å². The molecule has 0 saturated heterocycles. The number of halogens is 1. The number of hydrogen-bond acceptors (Lipinski definition) is 5. The van der Waals surface area contributed by atoms with Crippen LogP contribution in [0.2, 0.25) is 5.15 Å². The average Bonchev–Trinajstić information content (AvgIpc) is 2.23. The van der Waals surface area contributed by atoms with Crippen LogP contribution in [-0.4, -0.2) is 40.4 Å². The molecule has 1 aromatic rings. The third-order valence-electron chi connectivity index (χ3n) is 1.99. The summed E-state index contributed by atoms with van der Waals surface area (Å²) in [6.45, 7) is 0.0509. The smallest absolute Gasteiger partial charge is 0.240 e. The van der Waals surface area contributed by atoms with Crippen LogP contribution in [0.3, 0.4) is 0 Å². The molecule has 0 spiro atoms. The first-order valence-electron chi connectivity index (χ1n) is 5.00. The molecule has 9 heteroatoms. The van der Waals surface area contributed by atoms with Crippen molar-refractivity contribution in [2.24, 2.45) is 0 Å². The minimum absolute atomic E-state index is 0.00172. The van der Waals surface area contributed by atoms with Crippen molar-refractivity contribution in [2.45, 2.75) is 11.3 Å². The van der Waals surface area contributed by atoms with E-state index >= 15 is 0 Å². The molecule has 0 aromatic carbocycles. The van der Waals surface area contributed by atoms with E-state index in [4.69, 9.17) is 11.6 Å². The molecule has 1 heterocycles. The Morgan fingerprint density at radius 3 is 2.56 bits per heavy atom. The first-order valence-corrected chi connectivity index (χ1v) is 8.92. The van der Waals surface area contributed by atoms with Crippen molar-refractivity contribution in [1.82, 2.24) is 9.71 Å². The minimum Gasteiger partial charge on any atom is -0.244 e. The summed E-state index contributed by atoms with van der Waals surface area (Å²) in [5.74, 6) is -0.0629. The summed E-state index contributed by atoms with van der Waals surface area (Å²) >= 11 is 5.59. The Labute approximate surface area is 111 Å². The lowest BCUT2D eigenvalue weighted by molar-refractivity contribution is 0.577. The van der Waals surface area contributed by atoms with E-state index in [0.29, 0.717) is 0 Å². The van der Waals surface area contributed by atoms with Crippen LogP contribution in [0.25, 0.3) is 0 Å². The van der Waals surface area contributed by atoms with E-state index in [9.17, 15) is 16.8 Å². The number of rotatable bonds is 6. The molecule has 0 saturated carbocycles. The molecule has 18 heavy (non-hydrogen) atoms. The molecule has 0 bridgehead atoms. The summed E-state index contributed by atoms with van der Waals surface area (Å²) in [6, 6.07) is 2.53. The Kier molecular flexibility index (Phi) is 5.09. The molecule has 1 aromatic heterocycles. The van der Waals surface area contributed by atoms with E-state index in [2.05, 4.69) is 9.71 Å². The zero-order valence-corrected chi connectivity index (χ0v) is 12.0. The van der Waals surface area contributed by atoms with Gasteiger partial charge in [0.1, 0.15) is 15.0 Å². The van der Waals surface area contributed by atoms with Crippen LogP contribution in [0, 0.1) is 0 Å². The Hall–Kier alpha value is -0.700. The van der Waals surface area contributed by atoms with Crippen LogP contribution in [0.15, 0.2) is 23.2 Å². The zero-order chi connectivity index (χ0) is 13.8. The number of hydrogen-bond donors (Lipinski definition) is 1. The largest absolute Gasteiger partial charge is 0.244 e. The van der Waals surface area contributed by atoms with Gasteiger partial charge in [0, 0.05) is 19.0 Å². The first kappa shape index (κ1) is 15.4. The Bertz CT molecular complexity index is 613.